The highest BCUT2D eigenvalue weighted by Gasteiger charge is 2.28. The second-order valence-corrected chi connectivity index (χ2v) is 7.18. The summed E-state index contributed by atoms with van der Waals surface area (Å²) in [6.07, 6.45) is 3.11. The maximum Gasteiger partial charge on any atom is 0.231 e. The number of ketones is 1. The number of aromatic nitrogens is 1. The number of nitrogens with zero attached hydrogens (tertiary/aromatic N) is 1. The molecule has 29 heavy (non-hydrogen) atoms. The molecule has 0 spiro atoms. The Morgan fingerprint density at radius 2 is 1.76 bits per heavy atom. The van der Waals surface area contributed by atoms with E-state index < -0.39 is 0 Å². The number of carbonyl (C=O) groups is 1. The van der Waals surface area contributed by atoms with Gasteiger partial charge < -0.3 is 23.7 Å². The van der Waals surface area contributed by atoms with Crippen molar-refractivity contribution in [1.82, 2.24) is 0 Å². The van der Waals surface area contributed by atoms with Gasteiger partial charge in [0, 0.05) is 12.5 Å². The van der Waals surface area contributed by atoms with Crippen LogP contribution in [0.4, 0.5) is 0 Å². The van der Waals surface area contributed by atoms with Gasteiger partial charge in [0.1, 0.15) is 5.78 Å². The summed E-state index contributed by atoms with van der Waals surface area (Å²) < 4.78 is 24.4. The fourth-order valence-corrected chi connectivity index (χ4v) is 3.77. The van der Waals surface area contributed by atoms with Crippen LogP contribution in [-0.2, 0) is 17.8 Å². The molecule has 0 radical (unpaired) electrons. The molecule has 6 nitrogen and oxygen atoms in total. The molecule has 0 aliphatic carbocycles. The number of ether oxygens (including phenoxy) is 4. The number of pyridine rings is 1. The summed E-state index contributed by atoms with van der Waals surface area (Å²) in [6.45, 7) is 4.27. The Labute approximate surface area is 169 Å². The van der Waals surface area contributed by atoms with E-state index in [0.29, 0.717) is 6.79 Å². The summed E-state index contributed by atoms with van der Waals surface area (Å²) in [6, 6.07) is 10.4. The third-order valence-corrected chi connectivity index (χ3v) is 5.00. The van der Waals surface area contributed by atoms with Crippen LogP contribution in [0.15, 0.2) is 36.5 Å². The molecule has 150 valence electrons. The third-order valence-electron chi connectivity index (χ3n) is 5.00. The molecule has 0 saturated carbocycles. The Hall–Kier alpha value is -3.28. The minimum absolute atomic E-state index is 0.167. The van der Waals surface area contributed by atoms with E-state index in [4.69, 9.17) is 18.9 Å². The first kappa shape index (κ1) is 19.1. The van der Waals surface area contributed by atoms with Gasteiger partial charge in [0.15, 0.2) is 35.7 Å². The van der Waals surface area contributed by atoms with Crippen LogP contribution in [0.2, 0.25) is 0 Å². The Balaban J connectivity index is 0.000000472. The minimum Gasteiger partial charge on any atom is -0.493 e. The number of fused-ring (bicyclic) bond motifs is 5. The van der Waals surface area contributed by atoms with Crippen LogP contribution < -0.4 is 23.5 Å². The van der Waals surface area contributed by atoms with E-state index in [1.165, 1.54) is 30.7 Å². The highest BCUT2D eigenvalue weighted by Crippen LogP contribution is 2.41. The van der Waals surface area contributed by atoms with Crippen molar-refractivity contribution in [3.05, 3.63) is 42.1 Å². The molecule has 2 aromatic carbocycles. The Kier molecular flexibility index (Phi) is 5.01. The third kappa shape index (κ3) is 3.46. The van der Waals surface area contributed by atoms with Crippen LogP contribution in [0.1, 0.15) is 19.4 Å². The fourth-order valence-electron chi connectivity index (χ4n) is 3.77. The molecule has 1 aromatic heterocycles. The maximum absolute atomic E-state index is 9.44. The molecule has 0 bridgehead atoms. The number of hydrogen-bond acceptors (Lipinski definition) is 5. The summed E-state index contributed by atoms with van der Waals surface area (Å²) >= 11 is 0. The molecule has 3 aromatic rings. The summed E-state index contributed by atoms with van der Waals surface area (Å²) in [5.74, 6) is 3.35. The van der Waals surface area contributed by atoms with Gasteiger partial charge in [-0.3, -0.25) is 0 Å². The highest BCUT2D eigenvalue weighted by atomic mass is 16.7. The molecule has 0 unspecified atom stereocenters. The van der Waals surface area contributed by atoms with Crippen LogP contribution in [0.3, 0.4) is 0 Å². The normalized spacial score (nSPS) is 13.1. The average Bonchev–Trinajstić information content (AvgIpc) is 3.16. The van der Waals surface area contributed by atoms with Crippen molar-refractivity contribution in [3.8, 4) is 34.3 Å². The van der Waals surface area contributed by atoms with Crippen molar-refractivity contribution in [2.45, 2.75) is 26.8 Å². The predicted molar refractivity (Wildman–Crippen MR) is 109 cm³/mol. The summed E-state index contributed by atoms with van der Waals surface area (Å²) in [5, 5.41) is 2.17. The number of hydrogen-bond donors (Lipinski definition) is 0. The van der Waals surface area contributed by atoms with E-state index in [-0.39, 0.29) is 5.78 Å². The molecule has 3 heterocycles. The van der Waals surface area contributed by atoms with E-state index >= 15 is 0 Å². The van der Waals surface area contributed by atoms with E-state index in [1.807, 2.05) is 6.07 Å². The van der Waals surface area contributed by atoms with Crippen LogP contribution >= 0.6 is 0 Å². The molecule has 2 aliphatic rings. The van der Waals surface area contributed by atoms with Gasteiger partial charge in [0.25, 0.3) is 0 Å². The standard InChI is InChI=1S/C20H18NO4.C3H6O/c1-22-17-4-3-12-7-16-14-9-19-18(24-11-25-19)8-13(14)5-6-21(16)10-15(12)20(17)23-2;1-3(2)4/h3-4,7-10H,5-6,11H2,1-2H3;1-2H3/q+1;. The smallest absolute Gasteiger partial charge is 0.231 e. The van der Waals surface area contributed by atoms with E-state index in [2.05, 4.69) is 35.0 Å². The van der Waals surface area contributed by atoms with Crippen molar-refractivity contribution >= 4 is 16.6 Å². The zero-order valence-electron chi connectivity index (χ0n) is 17.1. The van der Waals surface area contributed by atoms with Crippen molar-refractivity contribution < 1.29 is 28.3 Å². The Bertz CT molecular complexity index is 1100. The minimum atomic E-state index is 0.167. The number of methoxy groups -OCH3 is 2. The molecular formula is C23H24NO5+. The Morgan fingerprint density at radius 1 is 1.03 bits per heavy atom. The van der Waals surface area contributed by atoms with Gasteiger partial charge in [0.05, 0.1) is 25.2 Å². The molecule has 6 heteroatoms. The second kappa shape index (κ2) is 7.62. The molecule has 5 rings (SSSR count). The number of benzene rings is 2. The molecule has 2 aliphatic heterocycles. The van der Waals surface area contributed by atoms with E-state index in [1.54, 1.807) is 14.2 Å². The predicted octanol–water partition coefficient (Wildman–Crippen LogP) is 3.69. The van der Waals surface area contributed by atoms with E-state index in [9.17, 15) is 4.79 Å². The van der Waals surface area contributed by atoms with Gasteiger partial charge in [-0.1, -0.05) is 0 Å². The Morgan fingerprint density at radius 3 is 2.45 bits per heavy atom. The van der Waals surface area contributed by atoms with Crippen molar-refractivity contribution in [1.29, 1.82) is 0 Å². The zero-order valence-corrected chi connectivity index (χ0v) is 17.1. The van der Waals surface area contributed by atoms with Gasteiger partial charge in [-0.05, 0) is 49.1 Å². The number of rotatable bonds is 2. The molecular weight excluding hydrogens is 370 g/mol. The first-order chi connectivity index (χ1) is 14.0. The topological polar surface area (TPSA) is 57.9 Å². The van der Waals surface area contributed by atoms with Gasteiger partial charge in [-0.25, -0.2) is 0 Å². The lowest BCUT2D eigenvalue weighted by Gasteiger charge is -2.17. The number of aryl methyl sites for hydroxylation is 2. The van der Waals surface area contributed by atoms with Crippen LogP contribution in [-0.4, -0.2) is 26.8 Å². The van der Waals surface area contributed by atoms with Crippen LogP contribution in [0, 0.1) is 0 Å². The summed E-state index contributed by atoms with van der Waals surface area (Å²) in [7, 11) is 3.34. The van der Waals surface area contributed by atoms with Crippen LogP contribution in [0.5, 0.6) is 23.0 Å². The number of Topliss-reactive ketones (excluding diaryl/α,β-unsaturated/α-hetero) is 1. The molecule has 0 amide bonds. The lowest BCUT2D eigenvalue weighted by molar-refractivity contribution is -0.686. The van der Waals surface area contributed by atoms with Crippen LogP contribution in [0.25, 0.3) is 22.0 Å². The van der Waals surface area contributed by atoms with Gasteiger partial charge in [0.2, 0.25) is 12.5 Å². The first-order valence-corrected chi connectivity index (χ1v) is 9.50. The molecule has 0 N–H and O–H groups in total. The summed E-state index contributed by atoms with van der Waals surface area (Å²) in [4.78, 5) is 9.44. The first-order valence-electron chi connectivity index (χ1n) is 9.50. The average molecular weight is 394 g/mol. The highest BCUT2D eigenvalue weighted by molar-refractivity contribution is 5.91. The number of carbonyl (C=O) groups excluding carboxylic acids is 1. The summed E-state index contributed by atoms with van der Waals surface area (Å²) in [5.41, 5.74) is 3.68. The lowest BCUT2D eigenvalue weighted by Crippen LogP contribution is -2.40. The van der Waals surface area contributed by atoms with Crippen molar-refractivity contribution in [2.75, 3.05) is 21.0 Å². The monoisotopic (exact) mass is 394 g/mol. The largest absolute Gasteiger partial charge is 0.493 e. The zero-order chi connectivity index (χ0) is 20.5. The lowest BCUT2D eigenvalue weighted by atomic mass is 9.95. The fraction of sp³-hybridized carbons (Fsp3) is 0.304. The van der Waals surface area contributed by atoms with Crippen molar-refractivity contribution in [3.63, 3.8) is 0 Å². The SMILES string of the molecule is CC(C)=O.COc1ccc2cc3[n+](cc2c1OC)CCc1cc2c(cc1-3)OCO2. The quantitative estimate of drug-likeness (QED) is 0.621. The van der Waals surface area contributed by atoms with E-state index in [0.717, 1.165) is 46.7 Å². The molecule has 0 saturated heterocycles. The maximum atomic E-state index is 9.44. The second-order valence-electron chi connectivity index (χ2n) is 7.18. The molecule has 0 fully saturated rings. The van der Waals surface area contributed by atoms with Gasteiger partial charge in [-0.15, -0.1) is 0 Å². The van der Waals surface area contributed by atoms with Gasteiger partial charge >= 0.3 is 0 Å². The van der Waals surface area contributed by atoms with Crippen molar-refractivity contribution in [2.24, 2.45) is 0 Å². The molecule has 0 atom stereocenters. The van der Waals surface area contributed by atoms with Gasteiger partial charge in [-0.2, -0.15) is 4.57 Å².